The molecule has 1 heterocycles. The average Bonchev–Trinajstić information content (AvgIpc) is 2.86. The molecule has 0 aliphatic rings. The third-order valence-electron chi connectivity index (χ3n) is 3.93. The Morgan fingerprint density at radius 3 is 2.45 bits per heavy atom. The van der Waals surface area contributed by atoms with Crippen molar-refractivity contribution < 1.29 is 0 Å². The number of aromatic nitrogens is 1. The number of fused-ring (bicyclic) bond motifs is 1. The normalized spacial score (nSPS) is 11.4. The van der Waals surface area contributed by atoms with E-state index in [2.05, 4.69) is 84.5 Å². The lowest BCUT2D eigenvalue weighted by Crippen LogP contribution is -2.18. The van der Waals surface area contributed by atoms with Gasteiger partial charge >= 0.3 is 0 Å². The summed E-state index contributed by atoms with van der Waals surface area (Å²) in [7, 11) is 0. The SMILES string of the molecule is CC(C)CNCc1cn(Cc2ccccc2)c2ccccc12. The highest BCUT2D eigenvalue weighted by molar-refractivity contribution is 5.84. The summed E-state index contributed by atoms with van der Waals surface area (Å²) in [6.07, 6.45) is 2.30. The molecule has 0 saturated heterocycles. The quantitative estimate of drug-likeness (QED) is 0.711. The second kappa shape index (κ2) is 6.80. The second-order valence-electron chi connectivity index (χ2n) is 6.31. The van der Waals surface area contributed by atoms with Crippen LogP contribution in [0.5, 0.6) is 0 Å². The summed E-state index contributed by atoms with van der Waals surface area (Å²) in [5.74, 6) is 0.678. The van der Waals surface area contributed by atoms with E-state index in [9.17, 15) is 0 Å². The molecule has 1 aromatic heterocycles. The third kappa shape index (κ3) is 3.40. The fourth-order valence-electron chi connectivity index (χ4n) is 2.87. The molecule has 0 fully saturated rings. The number of nitrogens with zero attached hydrogens (tertiary/aromatic N) is 1. The maximum absolute atomic E-state index is 3.56. The zero-order valence-corrected chi connectivity index (χ0v) is 13.4. The topological polar surface area (TPSA) is 17.0 Å². The van der Waals surface area contributed by atoms with Crippen molar-refractivity contribution >= 4 is 10.9 Å². The number of para-hydroxylation sites is 1. The van der Waals surface area contributed by atoms with Gasteiger partial charge in [0, 0.05) is 30.2 Å². The minimum atomic E-state index is 0.678. The third-order valence-corrected chi connectivity index (χ3v) is 3.93. The first kappa shape index (κ1) is 14.9. The molecule has 0 saturated carbocycles. The summed E-state index contributed by atoms with van der Waals surface area (Å²) < 4.78 is 2.36. The minimum Gasteiger partial charge on any atom is -0.343 e. The number of hydrogen-bond acceptors (Lipinski definition) is 1. The molecule has 22 heavy (non-hydrogen) atoms. The van der Waals surface area contributed by atoms with E-state index in [0.717, 1.165) is 19.6 Å². The van der Waals surface area contributed by atoms with Gasteiger partial charge in [-0.25, -0.2) is 0 Å². The minimum absolute atomic E-state index is 0.678. The summed E-state index contributed by atoms with van der Waals surface area (Å²) in [6, 6.07) is 19.3. The van der Waals surface area contributed by atoms with E-state index in [1.54, 1.807) is 0 Å². The Balaban J connectivity index is 1.87. The van der Waals surface area contributed by atoms with Gasteiger partial charge in [-0.05, 0) is 29.7 Å². The van der Waals surface area contributed by atoms with Gasteiger partial charge in [-0.15, -0.1) is 0 Å². The van der Waals surface area contributed by atoms with Crippen LogP contribution < -0.4 is 5.32 Å². The van der Waals surface area contributed by atoms with Crippen LogP contribution in [0.3, 0.4) is 0 Å². The van der Waals surface area contributed by atoms with Crippen molar-refractivity contribution in [3.8, 4) is 0 Å². The molecular formula is C20H24N2. The predicted octanol–water partition coefficient (Wildman–Crippen LogP) is 4.44. The molecule has 2 aromatic carbocycles. The molecule has 0 amide bonds. The van der Waals surface area contributed by atoms with Crippen LogP contribution in [0.2, 0.25) is 0 Å². The highest BCUT2D eigenvalue weighted by atomic mass is 15.0. The fourth-order valence-corrected chi connectivity index (χ4v) is 2.87. The van der Waals surface area contributed by atoms with Gasteiger partial charge in [-0.2, -0.15) is 0 Å². The van der Waals surface area contributed by atoms with Gasteiger partial charge in [0.2, 0.25) is 0 Å². The lowest BCUT2D eigenvalue weighted by Gasteiger charge is -2.06. The fraction of sp³-hybridized carbons (Fsp3) is 0.300. The smallest absolute Gasteiger partial charge is 0.0486 e. The van der Waals surface area contributed by atoms with Gasteiger partial charge in [0.25, 0.3) is 0 Å². The van der Waals surface area contributed by atoms with Crippen LogP contribution in [0.4, 0.5) is 0 Å². The second-order valence-corrected chi connectivity index (χ2v) is 6.31. The zero-order chi connectivity index (χ0) is 15.4. The van der Waals surface area contributed by atoms with E-state index in [1.165, 1.54) is 22.0 Å². The molecule has 114 valence electrons. The highest BCUT2D eigenvalue weighted by Crippen LogP contribution is 2.22. The van der Waals surface area contributed by atoms with Gasteiger partial charge in [0.15, 0.2) is 0 Å². The molecule has 0 bridgehead atoms. The Labute approximate surface area is 132 Å². The molecule has 0 radical (unpaired) electrons. The summed E-state index contributed by atoms with van der Waals surface area (Å²) in [5.41, 5.74) is 4.03. The Morgan fingerprint density at radius 2 is 1.68 bits per heavy atom. The molecule has 0 aliphatic heterocycles. The van der Waals surface area contributed by atoms with Crippen LogP contribution in [-0.2, 0) is 13.1 Å². The molecule has 0 atom stereocenters. The Hall–Kier alpha value is -2.06. The van der Waals surface area contributed by atoms with Crippen molar-refractivity contribution in [2.45, 2.75) is 26.9 Å². The first-order chi connectivity index (χ1) is 10.7. The van der Waals surface area contributed by atoms with Crippen LogP contribution in [0.1, 0.15) is 25.0 Å². The van der Waals surface area contributed by atoms with Gasteiger partial charge in [-0.3, -0.25) is 0 Å². The van der Waals surface area contributed by atoms with Crippen LogP contribution in [0.25, 0.3) is 10.9 Å². The van der Waals surface area contributed by atoms with Crippen molar-refractivity contribution in [2.75, 3.05) is 6.54 Å². The van der Waals surface area contributed by atoms with E-state index in [4.69, 9.17) is 0 Å². The van der Waals surface area contributed by atoms with Crippen LogP contribution >= 0.6 is 0 Å². The highest BCUT2D eigenvalue weighted by Gasteiger charge is 2.08. The van der Waals surface area contributed by atoms with Crippen molar-refractivity contribution in [2.24, 2.45) is 5.92 Å². The van der Waals surface area contributed by atoms with Crippen LogP contribution in [0, 0.1) is 5.92 Å². The number of hydrogen-bond donors (Lipinski definition) is 1. The Kier molecular flexibility index (Phi) is 4.59. The molecule has 1 N–H and O–H groups in total. The molecule has 2 heteroatoms. The molecule has 2 nitrogen and oxygen atoms in total. The Morgan fingerprint density at radius 1 is 0.955 bits per heavy atom. The van der Waals surface area contributed by atoms with Crippen LogP contribution in [0.15, 0.2) is 60.8 Å². The molecule has 0 unspecified atom stereocenters. The van der Waals surface area contributed by atoms with Gasteiger partial charge in [0.1, 0.15) is 0 Å². The van der Waals surface area contributed by atoms with Crippen LogP contribution in [-0.4, -0.2) is 11.1 Å². The van der Waals surface area contributed by atoms with E-state index in [-0.39, 0.29) is 0 Å². The van der Waals surface area contributed by atoms with E-state index >= 15 is 0 Å². The molecule has 0 spiro atoms. The first-order valence-electron chi connectivity index (χ1n) is 8.05. The zero-order valence-electron chi connectivity index (χ0n) is 13.4. The monoisotopic (exact) mass is 292 g/mol. The van der Waals surface area contributed by atoms with Crippen molar-refractivity contribution in [1.29, 1.82) is 0 Å². The maximum atomic E-state index is 3.56. The van der Waals surface area contributed by atoms with Gasteiger partial charge in [0.05, 0.1) is 0 Å². The lowest BCUT2D eigenvalue weighted by molar-refractivity contribution is 0.553. The maximum Gasteiger partial charge on any atom is 0.0486 e. The molecule has 0 aliphatic carbocycles. The standard InChI is InChI=1S/C20H24N2/c1-16(2)12-21-13-18-15-22(14-17-8-4-3-5-9-17)20-11-7-6-10-19(18)20/h3-11,15-16,21H,12-14H2,1-2H3. The predicted molar refractivity (Wildman–Crippen MR) is 94.0 cm³/mol. The van der Waals surface area contributed by atoms with Crippen molar-refractivity contribution in [1.82, 2.24) is 9.88 Å². The van der Waals surface area contributed by atoms with Gasteiger partial charge < -0.3 is 9.88 Å². The van der Waals surface area contributed by atoms with Crippen molar-refractivity contribution in [3.05, 3.63) is 71.9 Å². The summed E-state index contributed by atoms with van der Waals surface area (Å²) in [5, 5.41) is 4.91. The van der Waals surface area contributed by atoms with Crippen molar-refractivity contribution in [3.63, 3.8) is 0 Å². The number of benzene rings is 2. The molecular weight excluding hydrogens is 268 g/mol. The molecule has 3 aromatic rings. The average molecular weight is 292 g/mol. The molecule has 3 rings (SSSR count). The van der Waals surface area contributed by atoms with Gasteiger partial charge in [-0.1, -0.05) is 62.4 Å². The van der Waals surface area contributed by atoms with E-state index in [0.29, 0.717) is 5.92 Å². The summed E-state index contributed by atoms with van der Waals surface area (Å²) in [6.45, 7) is 7.39. The first-order valence-corrected chi connectivity index (χ1v) is 8.05. The lowest BCUT2D eigenvalue weighted by atomic mass is 10.1. The summed E-state index contributed by atoms with van der Waals surface area (Å²) in [4.78, 5) is 0. The number of rotatable bonds is 6. The Bertz CT molecular complexity index is 726. The van der Waals surface area contributed by atoms with E-state index in [1.807, 2.05) is 0 Å². The number of nitrogens with one attached hydrogen (secondary N) is 1. The largest absolute Gasteiger partial charge is 0.343 e. The summed E-state index contributed by atoms with van der Waals surface area (Å²) >= 11 is 0. The van der Waals surface area contributed by atoms with E-state index < -0.39 is 0 Å².